The lowest BCUT2D eigenvalue weighted by Gasteiger charge is -2.34. The van der Waals surface area contributed by atoms with Crippen molar-refractivity contribution in [2.75, 3.05) is 31.1 Å². The van der Waals surface area contributed by atoms with E-state index in [1.54, 1.807) is 22.6 Å². The Morgan fingerprint density at radius 2 is 1.55 bits per heavy atom. The molecular weight excluding hydrogens is 412 g/mol. The average Bonchev–Trinajstić information content (AvgIpc) is 3.25. The largest absolute Gasteiger partial charge is 0.352 e. The maximum atomic E-state index is 13.2. The highest BCUT2D eigenvalue weighted by Crippen LogP contribution is 2.24. The number of sulfonamides is 1. The number of benzene rings is 2. The summed E-state index contributed by atoms with van der Waals surface area (Å²) in [5, 5.41) is 10.6. The number of aryl methyl sites for hydroxylation is 1. The molecule has 0 saturated carbocycles. The number of imidazole rings is 1. The highest BCUT2D eigenvalue weighted by atomic mass is 32.2. The second-order valence-electron chi connectivity index (χ2n) is 7.49. The summed E-state index contributed by atoms with van der Waals surface area (Å²) in [5.41, 5.74) is 0. The van der Waals surface area contributed by atoms with Crippen LogP contribution in [0.5, 0.6) is 0 Å². The summed E-state index contributed by atoms with van der Waals surface area (Å²) in [5.74, 6) is 2.29. The van der Waals surface area contributed by atoms with Crippen molar-refractivity contribution in [1.29, 1.82) is 0 Å². The van der Waals surface area contributed by atoms with Crippen LogP contribution >= 0.6 is 0 Å². The standard InChI is InChI=1S/C22H22N6O2S/c1-17-23-10-11-28(17)22-9-8-21(24-25-22)26-12-14-27(15-13-26)31(29,30)20-7-6-18-4-2-3-5-19(18)16-20/h2-11,16H,12-15H2,1H3. The summed E-state index contributed by atoms with van der Waals surface area (Å²) < 4.78 is 29.7. The Kier molecular flexibility index (Phi) is 4.91. The number of rotatable bonds is 4. The fourth-order valence-corrected chi connectivity index (χ4v) is 5.33. The monoisotopic (exact) mass is 434 g/mol. The van der Waals surface area contributed by atoms with Crippen LogP contribution in [-0.2, 0) is 10.0 Å². The molecule has 158 valence electrons. The van der Waals surface area contributed by atoms with Gasteiger partial charge in [-0.05, 0) is 42.0 Å². The maximum Gasteiger partial charge on any atom is 0.243 e. The third-order valence-electron chi connectivity index (χ3n) is 5.63. The second-order valence-corrected chi connectivity index (χ2v) is 9.43. The summed E-state index contributed by atoms with van der Waals surface area (Å²) >= 11 is 0. The third kappa shape index (κ3) is 3.66. The fourth-order valence-electron chi connectivity index (χ4n) is 3.87. The van der Waals surface area contributed by atoms with Gasteiger partial charge in [0, 0.05) is 38.6 Å². The average molecular weight is 435 g/mol. The molecule has 1 saturated heterocycles. The number of piperazine rings is 1. The highest BCUT2D eigenvalue weighted by Gasteiger charge is 2.29. The predicted molar refractivity (Wildman–Crippen MR) is 119 cm³/mol. The van der Waals surface area contributed by atoms with E-state index in [1.165, 1.54) is 0 Å². The first-order chi connectivity index (χ1) is 15.0. The van der Waals surface area contributed by atoms with E-state index in [2.05, 4.69) is 20.1 Å². The van der Waals surface area contributed by atoms with Crippen LogP contribution < -0.4 is 4.90 Å². The summed E-state index contributed by atoms with van der Waals surface area (Å²) in [6.45, 7) is 3.83. The van der Waals surface area contributed by atoms with Gasteiger partial charge in [0.05, 0.1) is 4.90 Å². The van der Waals surface area contributed by atoms with Gasteiger partial charge in [0.2, 0.25) is 10.0 Å². The van der Waals surface area contributed by atoms with Gasteiger partial charge in [-0.25, -0.2) is 13.4 Å². The fraction of sp³-hybridized carbons (Fsp3) is 0.227. The molecule has 3 heterocycles. The number of hydrogen-bond donors (Lipinski definition) is 0. The van der Waals surface area contributed by atoms with Crippen LogP contribution in [0.2, 0.25) is 0 Å². The number of hydrogen-bond acceptors (Lipinski definition) is 6. The molecule has 9 heteroatoms. The van der Waals surface area contributed by atoms with Crippen molar-refractivity contribution >= 4 is 26.6 Å². The molecule has 0 unspecified atom stereocenters. The van der Waals surface area contributed by atoms with E-state index in [1.807, 2.05) is 60.2 Å². The Morgan fingerprint density at radius 1 is 0.839 bits per heavy atom. The lowest BCUT2D eigenvalue weighted by Crippen LogP contribution is -2.49. The molecule has 2 aromatic heterocycles. The molecule has 0 N–H and O–H groups in total. The lowest BCUT2D eigenvalue weighted by atomic mass is 10.1. The van der Waals surface area contributed by atoms with Crippen LogP contribution in [0.3, 0.4) is 0 Å². The smallest absolute Gasteiger partial charge is 0.243 e. The van der Waals surface area contributed by atoms with E-state index in [9.17, 15) is 8.42 Å². The molecule has 31 heavy (non-hydrogen) atoms. The number of fused-ring (bicyclic) bond motifs is 1. The zero-order chi connectivity index (χ0) is 21.4. The SMILES string of the molecule is Cc1nccn1-c1ccc(N2CCN(S(=O)(=O)c3ccc4ccccc4c3)CC2)nn1. The molecule has 1 fully saturated rings. The molecule has 0 aliphatic carbocycles. The van der Waals surface area contributed by atoms with Crippen LogP contribution in [0.15, 0.2) is 71.9 Å². The Balaban J connectivity index is 1.29. The number of anilines is 1. The van der Waals surface area contributed by atoms with E-state index < -0.39 is 10.0 Å². The van der Waals surface area contributed by atoms with E-state index >= 15 is 0 Å². The minimum atomic E-state index is -3.54. The van der Waals surface area contributed by atoms with Crippen LogP contribution in [0.1, 0.15) is 5.82 Å². The van der Waals surface area contributed by atoms with Gasteiger partial charge in [-0.3, -0.25) is 4.57 Å². The third-order valence-corrected chi connectivity index (χ3v) is 7.52. The first-order valence-electron chi connectivity index (χ1n) is 10.1. The molecule has 2 aromatic carbocycles. The highest BCUT2D eigenvalue weighted by molar-refractivity contribution is 7.89. The molecule has 4 aromatic rings. The molecule has 8 nitrogen and oxygen atoms in total. The first kappa shape index (κ1) is 19.7. The minimum absolute atomic E-state index is 0.333. The summed E-state index contributed by atoms with van der Waals surface area (Å²) in [6.07, 6.45) is 3.57. The van der Waals surface area contributed by atoms with E-state index in [0.717, 1.165) is 22.4 Å². The van der Waals surface area contributed by atoms with Crippen LogP contribution in [0, 0.1) is 6.92 Å². The van der Waals surface area contributed by atoms with Crippen molar-refractivity contribution < 1.29 is 8.42 Å². The summed E-state index contributed by atoms with van der Waals surface area (Å²) in [6, 6.07) is 16.9. The number of nitrogens with zero attached hydrogens (tertiary/aromatic N) is 6. The Bertz CT molecular complexity index is 1330. The Morgan fingerprint density at radius 3 is 2.23 bits per heavy atom. The van der Waals surface area contributed by atoms with Gasteiger partial charge < -0.3 is 4.90 Å². The molecule has 0 bridgehead atoms. The topological polar surface area (TPSA) is 84.2 Å². The predicted octanol–water partition coefficient (Wildman–Crippen LogP) is 2.63. The van der Waals surface area contributed by atoms with Crippen LogP contribution in [0.25, 0.3) is 16.6 Å². The lowest BCUT2D eigenvalue weighted by molar-refractivity contribution is 0.383. The van der Waals surface area contributed by atoms with Crippen molar-refractivity contribution in [3.8, 4) is 5.82 Å². The maximum absolute atomic E-state index is 13.2. The molecule has 0 radical (unpaired) electrons. The summed E-state index contributed by atoms with van der Waals surface area (Å²) in [7, 11) is -3.54. The normalized spacial score (nSPS) is 15.5. The summed E-state index contributed by atoms with van der Waals surface area (Å²) in [4.78, 5) is 6.59. The van der Waals surface area contributed by atoms with Crippen LogP contribution in [-0.4, -0.2) is 58.7 Å². The quantitative estimate of drug-likeness (QED) is 0.491. The van der Waals surface area contributed by atoms with E-state index in [0.29, 0.717) is 36.9 Å². The van der Waals surface area contributed by atoms with Crippen molar-refractivity contribution in [3.63, 3.8) is 0 Å². The van der Waals surface area contributed by atoms with Gasteiger partial charge in [-0.2, -0.15) is 4.31 Å². The molecular formula is C22H22N6O2S. The van der Waals surface area contributed by atoms with Gasteiger partial charge in [-0.15, -0.1) is 10.2 Å². The molecule has 1 aliphatic heterocycles. The van der Waals surface area contributed by atoms with Crippen molar-refractivity contribution in [2.45, 2.75) is 11.8 Å². The van der Waals surface area contributed by atoms with Gasteiger partial charge in [0.1, 0.15) is 5.82 Å². The van der Waals surface area contributed by atoms with Gasteiger partial charge in [-0.1, -0.05) is 30.3 Å². The van der Waals surface area contributed by atoms with Crippen molar-refractivity contribution in [2.24, 2.45) is 0 Å². The zero-order valence-corrected chi connectivity index (χ0v) is 17.9. The molecule has 0 spiro atoms. The van der Waals surface area contributed by atoms with Gasteiger partial charge >= 0.3 is 0 Å². The zero-order valence-electron chi connectivity index (χ0n) is 17.1. The number of aromatic nitrogens is 4. The van der Waals surface area contributed by atoms with Crippen molar-refractivity contribution in [3.05, 3.63) is 72.8 Å². The second kappa shape index (κ2) is 7.75. The molecule has 0 atom stereocenters. The minimum Gasteiger partial charge on any atom is -0.352 e. The molecule has 5 rings (SSSR count). The van der Waals surface area contributed by atoms with Crippen LogP contribution in [0.4, 0.5) is 5.82 Å². The van der Waals surface area contributed by atoms with Gasteiger partial charge in [0.15, 0.2) is 11.6 Å². The Labute approximate surface area is 180 Å². The van der Waals surface area contributed by atoms with Gasteiger partial charge in [0.25, 0.3) is 0 Å². The van der Waals surface area contributed by atoms with E-state index in [4.69, 9.17) is 0 Å². The first-order valence-corrected chi connectivity index (χ1v) is 11.5. The van der Waals surface area contributed by atoms with Crippen molar-refractivity contribution in [1.82, 2.24) is 24.1 Å². The molecule has 1 aliphatic rings. The van der Waals surface area contributed by atoms with E-state index in [-0.39, 0.29) is 0 Å². The molecule has 0 amide bonds. The Hall–Kier alpha value is -3.30.